The summed E-state index contributed by atoms with van der Waals surface area (Å²) >= 11 is 0. The summed E-state index contributed by atoms with van der Waals surface area (Å²) in [5.41, 5.74) is 0. The van der Waals surface area contributed by atoms with Crippen LogP contribution in [-0.2, 0) is 4.74 Å². The molecule has 76 valence electrons. The van der Waals surface area contributed by atoms with Gasteiger partial charge >= 0.3 is 0 Å². The molecule has 2 aliphatic rings. The van der Waals surface area contributed by atoms with Crippen molar-refractivity contribution in [2.24, 2.45) is 0 Å². The number of nitrogens with zero attached hydrogens (tertiary/aromatic N) is 1. The molecular formula is C11H21NO. The third-order valence-corrected chi connectivity index (χ3v) is 3.57. The van der Waals surface area contributed by atoms with Gasteiger partial charge in [0.2, 0.25) is 0 Å². The smallest absolute Gasteiger partial charge is 0.0703 e. The zero-order valence-corrected chi connectivity index (χ0v) is 8.83. The molecule has 2 unspecified atom stereocenters. The lowest BCUT2D eigenvalue weighted by Gasteiger charge is -2.28. The van der Waals surface area contributed by atoms with Crippen molar-refractivity contribution in [3.63, 3.8) is 0 Å². The van der Waals surface area contributed by atoms with E-state index in [9.17, 15) is 0 Å². The third kappa shape index (κ3) is 2.05. The Kier molecular flexibility index (Phi) is 2.89. The summed E-state index contributed by atoms with van der Waals surface area (Å²) in [5.74, 6) is 0. The molecule has 0 spiro atoms. The molecule has 3 atom stereocenters. The van der Waals surface area contributed by atoms with E-state index < -0.39 is 0 Å². The number of rotatable bonds is 2. The van der Waals surface area contributed by atoms with E-state index in [0.29, 0.717) is 6.10 Å². The van der Waals surface area contributed by atoms with Crippen molar-refractivity contribution in [2.45, 2.75) is 57.7 Å². The zero-order valence-electron chi connectivity index (χ0n) is 8.83. The van der Waals surface area contributed by atoms with E-state index in [1.165, 1.54) is 32.2 Å². The average molecular weight is 183 g/mol. The minimum absolute atomic E-state index is 0.531. The first-order valence-corrected chi connectivity index (χ1v) is 5.64. The second-order valence-corrected chi connectivity index (χ2v) is 4.61. The Balaban J connectivity index is 1.85. The van der Waals surface area contributed by atoms with Gasteiger partial charge in [-0.2, -0.15) is 0 Å². The van der Waals surface area contributed by atoms with Crippen LogP contribution in [0, 0.1) is 0 Å². The van der Waals surface area contributed by atoms with Crippen LogP contribution in [0.25, 0.3) is 0 Å². The Morgan fingerprint density at radius 1 is 1.15 bits per heavy atom. The fraction of sp³-hybridized carbons (Fsp3) is 1.00. The molecule has 0 N–H and O–H groups in total. The van der Waals surface area contributed by atoms with Gasteiger partial charge in [-0.05, 0) is 39.5 Å². The molecule has 0 aromatic heterocycles. The SMILES string of the molecule is CC1CCC(C)N1C[C@H]1CCCO1. The molecule has 0 aromatic carbocycles. The highest BCUT2D eigenvalue weighted by atomic mass is 16.5. The van der Waals surface area contributed by atoms with E-state index in [2.05, 4.69) is 18.7 Å². The number of ether oxygens (including phenoxy) is 1. The van der Waals surface area contributed by atoms with Gasteiger partial charge in [-0.15, -0.1) is 0 Å². The topological polar surface area (TPSA) is 12.5 Å². The Morgan fingerprint density at radius 3 is 2.38 bits per heavy atom. The molecule has 0 radical (unpaired) electrons. The van der Waals surface area contributed by atoms with Gasteiger partial charge in [0.1, 0.15) is 0 Å². The first-order valence-electron chi connectivity index (χ1n) is 5.64. The van der Waals surface area contributed by atoms with Gasteiger partial charge in [-0.1, -0.05) is 0 Å². The molecule has 2 fully saturated rings. The van der Waals surface area contributed by atoms with Crippen molar-refractivity contribution in [3.05, 3.63) is 0 Å². The highest BCUT2D eigenvalue weighted by molar-refractivity contribution is 4.84. The monoisotopic (exact) mass is 183 g/mol. The first kappa shape index (κ1) is 9.47. The summed E-state index contributed by atoms with van der Waals surface area (Å²) in [6, 6.07) is 1.55. The summed E-state index contributed by atoms with van der Waals surface area (Å²) < 4.78 is 5.67. The van der Waals surface area contributed by atoms with Gasteiger partial charge < -0.3 is 4.74 Å². The molecule has 0 aliphatic carbocycles. The van der Waals surface area contributed by atoms with Gasteiger partial charge in [0.15, 0.2) is 0 Å². The van der Waals surface area contributed by atoms with E-state index in [4.69, 9.17) is 4.74 Å². The maximum Gasteiger partial charge on any atom is 0.0703 e. The maximum absolute atomic E-state index is 5.67. The predicted molar refractivity (Wildman–Crippen MR) is 53.8 cm³/mol. The van der Waals surface area contributed by atoms with Crippen LogP contribution in [0.5, 0.6) is 0 Å². The minimum atomic E-state index is 0.531. The average Bonchev–Trinajstić information content (AvgIpc) is 2.70. The van der Waals surface area contributed by atoms with Crippen LogP contribution >= 0.6 is 0 Å². The molecule has 2 heterocycles. The molecule has 0 amide bonds. The van der Waals surface area contributed by atoms with E-state index in [-0.39, 0.29) is 0 Å². The third-order valence-electron chi connectivity index (χ3n) is 3.57. The van der Waals surface area contributed by atoms with Crippen LogP contribution in [0.4, 0.5) is 0 Å². The van der Waals surface area contributed by atoms with Gasteiger partial charge in [0.05, 0.1) is 6.10 Å². The number of likely N-dealkylation sites (tertiary alicyclic amines) is 1. The molecule has 2 rings (SSSR count). The Hall–Kier alpha value is -0.0800. The summed E-state index contributed by atoms with van der Waals surface area (Å²) in [7, 11) is 0. The summed E-state index contributed by atoms with van der Waals surface area (Å²) in [5, 5.41) is 0. The molecule has 0 bridgehead atoms. The van der Waals surface area contributed by atoms with Crippen LogP contribution in [0.3, 0.4) is 0 Å². The maximum atomic E-state index is 5.67. The molecule has 0 aromatic rings. The standard InChI is InChI=1S/C11H21NO/c1-9-5-6-10(2)12(9)8-11-4-3-7-13-11/h9-11H,3-8H2,1-2H3/t9?,10?,11-/m1/s1. The van der Waals surface area contributed by atoms with Crippen molar-refractivity contribution < 1.29 is 4.74 Å². The van der Waals surface area contributed by atoms with Crippen molar-refractivity contribution in [2.75, 3.05) is 13.2 Å². The highest BCUT2D eigenvalue weighted by Crippen LogP contribution is 2.25. The molecule has 2 saturated heterocycles. The summed E-state index contributed by atoms with van der Waals surface area (Å²) in [4.78, 5) is 2.62. The lowest BCUT2D eigenvalue weighted by molar-refractivity contribution is 0.0596. The van der Waals surface area contributed by atoms with E-state index in [1.54, 1.807) is 0 Å². The fourth-order valence-electron chi connectivity index (χ4n) is 2.63. The predicted octanol–water partition coefficient (Wildman–Crippen LogP) is 2.04. The summed E-state index contributed by atoms with van der Waals surface area (Å²) in [6.07, 6.45) is 5.81. The van der Waals surface area contributed by atoms with Crippen LogP contribution < -0.4 is 0 Å². The van der Waals surface area contributed by atoms with E-state index >= 15 is 0 Å². The summed E-state index contributed by atoms with van der Waals surface area (Å²) in [6.45, 7) is 6.85. The number of hydrogen-bond acceptors (Lipinski definition) is 2. The fourth-order valence-corrected chi connectivity index (χ4v) is 2.63. The normalized spacial score (nSPS) is 41.5. The molecular weight excluding hydrogens is 162 g/mol. The van der Waals surface area contributed by atoms with Crippen LogP contribution in [0.1, 0.15) is 39.5 Å². The van der Waals surface area contributed by atoms with Crippen LogP contribution in [0.2, 0.25) is 0 Å². The van der Waals surface area contributed by atoms with Gasteiger partial charge in [0, 0.05) is 25.2 Å². The van der Waals surface area contributed by atoms with E-state index in [1.807, 2.05) is 0 Å². The number of hydrogen-bond donors (Lipinski definition) is 0. The molecule has 13 heavy (non-hydrogen) atoms. The second-order valence-electron chi connectivity index (χ2n) is 4.61. The van der Waals surface area contributed by atoms with Gasteiger partial charge in [-0.3, -0.25) is 4.90 Å². The van der Waals surface area contributed by atoms with Crippen LogP contribution in [-0.4, -0.2) is 36.2 Å². The molecule has 2 heteroatoms. The Morgan fingerprint density at radius 2 is 1.85 bits per heavy atom. The van der Waals surface area contributed by atoms with Crippen molar-refractivity contribution in [1.82, 2.24) is 4.90 Å². The zero-order chi connectivity index (χ0) is 9.26. The van der Waals surface area contributed by atoms with Crippen molar-refractivity contribution >= 4 is 0 Å². The molecule has 2 nitrogen and oxygen atoms in total. The van der Waals surface area contributed by atoms with E-state index in [0.717, 1.165) is 18.7 Å². The minimum Gasteiger partial charge on any atom is -0.377 e. The quantitative estimate of drug-likeness (QED) is 0.649. The van der Waals surface area contributed by atoms with Crippen molar-refractivity contribution in [3.8, 4) is 0 Å². The molecule has 0 saturated carbocycles. The first-order chi connectivity index (χ1) is 6.27. The Labute approximate surface area is 81.3 Å². The lowest BCUT2D eigenvalue weighted by atomic mass is 10.2. The largest absolute Gasteiger partial charge is 0.377 e. The second kappa shape index (κ2) is 3.97. The van der Waals surface area contributed by atoms with Gasteiger partial charge in [0.25, 0.3) is 0 Å². The van der Waals surface area contributed by atoms with Crippen LogP contribution in [0.15, 0.2) is 0 Å². The van der Waals surface area contributed by atoms with Gasteiger partial charge in [-0.25, -0.2) is 0 Å². The highest BCUT2D eigenvalue weighted by Gasteiger charge is 2.30. The lowest BCUT2D eigenvalue weighted by Crippen LogP contribution is -2.38. The Bertz CT molecular complexity index is 155. The molecule has 2 aliphatic heterocycles. The van der Waals surface area contributed by atoms with Crippen molar-refractivity contribution in [1.29, 1.82) is 0 Å².